The second-order valence-electron chi connectivity index (χ2n) is 2.26. The highest BCUT2D eigenvalue weighted by atomic mass is 15.7. The Labute approximate surface area is 44.7 Å². The van der Waals surface area contributed by atoms with E-state index in [-0.39, 0.29) is 0 Å². The van der Waals surface area contributed by atoms with E-state index in [0.717, 1.165) is 6.04 Å². The zero-order valence-electron chi connectivity index (χ0n) is 5.18. The van der Waals surface area contributed by atoms with Crippen molar-refractivity contribution in [2.75, 3.05) is 20.6 Å². The summed E-state index contributed by atoms with van der Waals surface area (Å²) >= 11 is 0. The molecule has 1 aliphatic rings. The highest BCUT2D eigenvalue weighted by Gasteiger charge is 2.24. The Morgan fingerprint density at radius 2 is 2.00 bits per heavy atom. The lowest BCUT2D eigenvalue weighted by molar-refractivity contribution is -0.113. The maximum Gasteiger partial charge on any atom is 0.0355 e. The number of nitrogens with zero attached hydrogens (tertiary/aromatic N) is 2. The lowest BCUT2D eigenvalue weighted by Gasteiger charge is -2.45. The summed E-state index contributed by atoms with van der Waals surface area (Å²) < 4.78 is 0. The van der Waals surface area contributed by atoms with Crippen LogP contribution in [0.4, 0.5) is 0 Å². The fourth-order valence-corrected chi connectivity index (χ4v) is 0.870. The van der Waals surface area contributed by atoms with Gasteiger partial charge in [-0.1, -0.05) is 0 Å². The highest BCUT2D eigenvalue weighted by Crippen LogP contribution is 2.10. The third-order valence-electron chi connectivity index (χ3n) is 1.70. The van der Waals surface area contributed by atoms with Crippen LogP contribution >= 0.6 is 0 Å². The Balaban J connectivity index is 2.29. The molecule has 1 rings (SSSR count). The molecule has 1 atom stereocenters. The molecule has 1 aliphatic heterocycles. The van der Waals surface area contributed by atoms with Crippen LogP contribution in [0.3, 0.4) is 0 Å². The van der Waals surface area contributed by atoms with E-state index in [2.05, 4.69) is 31.0 Å². The molecule has 0 N–H and O–H groups in total. The van der Waals surface area contributed by atoms with Crippen molar-refractivity contribution in [1.29, 1.82) is 0 Å². The number of hydrogen-bond donors (Lipinski definition) is 0. The molecule has 1 heterocycles. The first kappa shape index (κ1) is 5.06. The quantitative estimate of drug-likeness (QED) is 0.428. The molecule has 1 saturated heterocycles. The molecule has 1 fully saturated rings. The molecule has 0 aliphatic carbocycles. The highest BCUT2D eigenvalue weighted by molar-refractivity contribution is 4.72. The standard InChI is InChI=1S/C5H12N2/c1-5-4-6(2)7(5)3/h5H,4H2,1-3H3. The zero-order chi connectivity index (χ0) is 5.44. The molecule has 0 spiro atoms. The van der Waals surface area contributed by atoms with Crippen LogP contribution in [-0.2, 0) is 0 Å². The summed E-state index contributed by atoms with van der Waals surface area (Å²) in [5, 5.41) is 4.42. The SMILES string of the molecule is CC1CN(C)N1C. The Morgan fingerprint density at radius 1 is 1.43 bits per heavy atom. The first-order chi connectivity index (χ1) is 3.22. The van der Waals surface area contributed by atoms with Gasteiger partial charge in [-0.2, -0.15) is 0 Å². The van der Waals surface area contributed by atoms with Gasteiger partial charge in [0.15, 0.2) is 0 Å². The van der Waals surface area contributed by atoms with Crippen LogP contribution < -0.4 is 0 Å². The predicted molar refractivity (Wildman–Crippen MR) is 29.9 cm³/mol. The molecule has 0 amide bonds. The maximum absolute atomic E-state index is 2.22. The van der Waals surface area contributed by atoms with Crippen molar-refractivity contribution >= 4 is 0 Å². The number of hydrazine groups is 1. The molecule has 0 saturated carbocycles. The van der Waals surface area contributed by atoms with E-state index in [1.807, 2.05) is 0 Å². The molecule has 0 aromatic heterocycles. The molecule has 0 bridgehead atoms. The minimum atomic E-state index is 0.769. The minimum absolute atomic E-state index is 0.769. The average Bonchev–Trinajstić information content (AvgIpc) is 1.68. The van der Waals surface area contributed by atoms with E-state index in [1.165, 1.54) is 6.54 Å². The lowest BCUT2D eigenvalue weighted by atomic mass is 10.2. The average molecular weight is 100 g/mol. The van der Waals surface area contributed by atoms with Crippen molar-refractivity contribution in [3.8, 4) is 0 Å². The Bertz CT molecular complexity index is 64.5. The van der Waals surface area contributed by atoms with Crippen molar-refractivity contribution in [1.82, 2.24) is 10.0 Å². The summed E-state index contributed by atoms with van der Waals surface area (Å²) in [5.41, 5.74) is 0. The normalized spacial score (nSPS) is 35.6. The fourth-order valence-electron chi connectivity index (χ4n) is 0.870. The molecular formula is C5H12N2. The van der Waals surface area contributed by atoms with E-state index in [1.54, 1.807) is 0 Å². The second-order valence-corrected chi connectivity index (χ2v) is 2.26. The van der Waals surface area contributed by atoms with Gasteiger partial charge < -0.3 is 0 Å². The van der Waals surface area contributed by atoms with Crippen LogP contribution in [-0.4, -0.2) is 36.7 Å². The van der Waals surface area contributed by atoms with Crippen LogP contribution in [0.5, 0.6) is 0 Å². The monoisotopic (exact) mass is 100 g/mol. The van der Waals surface area contributed by atoms with Crippen molar-refractivity contribution in [3.05, 3.63) is 0 Å². The number of likely N-dealkylation sites (N-methyl/N-ethyl adjacent to an activating group) is 2. The van der Waals surface area contributed by atoms with Crippen LogP contribution in [0.1, 0.15) is 6.92 Å². The fraction of sp³-hybridized carbons (Fsp3) is 1.00. The molecule has 2 nitrogen and oxygen atoms in total. The third kappa shape index (κ3) is 0.640. The van der Waals surface area contributed by atoms with Gasteiger partial charge in [0.05, 0.1) is 0 Å². The summed E-state index contributed by atoms with van der Waals surface area (Å²) in [4.78, 5) is 0. The molecule has 2 heteroatoms. The Hall–Kier alpha value is -0.0800. The van der Waals surface area contributed by atoms with Gasteiger partial charge in [-0.15, -0.1) is 0 Å². The van der Waals surface area contributed by atoms with Gasteiger partial charge in [0.1, 0.15) is 0 Å². The van der Waals surface area contributed by atoms with E-state index in [4.69, 9.17) is 0 Å². The van der Waals surface area contributed by atoms with Gasteiger partial charge in [-0.05, 0) is 6.92 Å². The van der Waals surface area contributed by atoms with Crippen LogP contribution in [0, 0.1) is 0 Å². The van der Waals surface area contributed by atoms with Crippen LogP contribution in [0.15, 0.2) is 0 Å². The Kier molecular flexibility index (Phi) is 1.05. The number of hydrogen-bond acceptors (Lipinski definition) is 2. The van der Waals surface area contributed by atoms with Crippen molar-refractivity contribution < 1.29 is 0 Å². The first-order valence-corrected chi connectivity index (χ1v) is 2.65. The van der Waals surface area contributed by atoms with E-state index >= 15 is 0 Å². The first-order valence-electron chi connectivity index (χ1n) is 2.65. The number of rotatable bonds is 0. The lowest BCUT2D eigenvalue weighted by Crippen LogP contribution is -2.58. The van der Waals surface area contributed by atoms with E-state index in [0.29, 0.717) is 0 Å². The zero-order valence-corrected chi connectivity index (χ0v) is 5.18. The topological polar surface area (TPSA) is 6.48 Å². The van der Waals surface area contributed by atoms with Gasteiger partial charge >= 0.3 is 0 Å². The van der Waals surface area contributed by atoms with E-state index in [9.17, 15) is 0 Å². The van der Waals surface area contributed by atoms with Gasteiger partial charge in [0.2, 0.25) is 0 Å². The molecule has 7 heavy (non-hydrogen) atoms. The van der Waals surface area contributed by atoms with Crippen LogP contribution in [0.2, 0.25) is 0 Å². The molecule has 42 valence electrons. The molecule has 0 radical (unpaired) electrons. The molecular weight excluding hydrogens is 88.1 g/mol. The summed E-state index contributed by atoms with van der Waals surface area (Å²) in [6.07, 6.45) is 0. The van der Waals surface area contributed by atoms with Gasteiger partial charge in [0.25, 0.3) is 0 Å². The maximum atomic E-state index is 2.22. The Morgan fingerprint density at radius 3 is 2.00 bits per heavy atom. The summed E-state index contributed by atoms with van der Waals surface area (Å²) in [5.74, 6) is 0. The predicted octanol–water partition coefficient (Wildman–Crippen LogP) is 0.167. The molecule has 0 aromatic rings. The van der Waals surface area contributed by atoms with Gasteiger partial charge in [-0.25, -0.2) is 10.0 Å². The molecule has 1 unspecified atom stereocenters. The van der Waals surface area contributed by atoms with Gasteiger partial charge in [-0.3, -0.25) is 0 Å². The third-order valence-corrected chi connectivity index (χ3v) is 1.70. The van der Waals surface area contributed by atoms with Crippen molar-refractivity contribution in [3.63, 3.8) is 0 Å². The smallest absolute Gasteiger partial charge is 0.0355 e. The van der Waals surface area contributed by atoms with Crippen LogP contribution in [0.25, 0.3) is 0 Å². The summed E-state index contributed by atoms with van der Waals surface area (Å²) in [6, 6.07) is 0.769. The minimum Gasteiger partial charge on any atom is -0.243 e. The molecule has 0 aromatic carbocycles. The summed E-state index contributed by atoms with van der Waals surface area (Å²) in [6.45, 7) is 3.44. The van der Waals surface area contributed by atoms with Crippen molar-refractivity contribution in [2.45, 2.75) is 13.0 Å². The van der Waals surface area contributed by atoms with Crippen molar-refractivity contribution in [2.24, 2.45) is 0 Å². The van der Waals surface area contributed by atoms with Gasteiger partial charge in [0, 0.05) is 26.7 Å². The largest absolute Gasteiger partial charge is 0.243 e. The van der Waals surface area contributed by atoms with E-state index < -0.39 is 0 Å². The summed E-state index contributed by atoms with van der Waals surface area (Å²) in [7, 11) is 4.20. The second kappa shape index (κ2) is 1.46.